The number of carbonyl (C=O) groups excluding carboxylic acids is 1. The molecule has 2 heterocycles. The summed E-state index contributed by atoms with van der Waals surface area (Å²) < 4.78 is 4.90. The second kappa shape index (κ2) is 5.04. The van der Waals surface area contributed by atoms with Crippen LogP contribution in [-0.4, -0.2) is 36.1 Å². The highest BCUT2D eigenvalue weighted by Gasteiger charge is 2.22. The van der Waals surface area contributed by atoms with Crippen molar-refractivity contribution in [2.75, 3.05) is 20.2 Å². The first kappa shape index (κ1) is 12.8. The molecule has 0 unspecified atom stereocenters. The maximum Gasteiger partial charge on any atom is 0.354 e. The third-order valence-electron chi connectivity index (χ3n) is 3.88. The van der Waals surface area contributed by atoms with E-state index in [1.54, 1.807) is 0 Å². The summed E-state index contributed by atoms with van der Waals surface area (Å²) in [6.07, 6.45) is 2.84. The molecule has 0 saturated carbocycles. The van der Waals surface area contributed by atoms with Crippen molar-refractivity contribution >= 4 is 22.9 Å². The molecule has 1 aliphatic rings. The molecule has 0 bridgehead atoms. The number of fused-ring (bicyclic) bond motifs is 3. The lowest BCUT2D eigenvalue weighted by Gasteiger charge is -2.22. The van der Waals surface area contributed by atoms with Crippen LogP contribution in [0.2, 0.25) is 0 Å². The average molecular weight is 270 g/mol. The molecule has 0 radical (unpaired) electrons. The number of ether oxygens (including phenoxy) is 1. The van der Waals surface area contributed by atoms with E-state index < -0.39 is 0 Å². The molecule has 1 aromatic heterocycles. The van der Waals surface area contributed by atoms with Gasteiger partial charge in [-0.1, -0.05) is 18.2 Å². The summed E-state index contributed by atoms with van der Waals surface area (Å²) in [5.41, 5.74) is 4.03. The Balaban J connectivity index is 2.15. The largest absolute Gasteiger partial charge is 0.464 e. The molecular weight excluding hydrogens is 252 g/mol. The maximum atomic E-state index is 12.0. The number of rotatable bonds is 2. The van der Waals surface area contributed by atoms with Crippen molar-refractivity contribution in [3.05, 3.63) is 41.2 Å². The Kier molecular flexibility index (Phi) is 3.22. The molecule has 1 N–H and O–H groups in total. The van der Waals surface area contributed by atoms with Crippen LogP contribution in [-0.2, 0) is 16.0 Å². The second-order valence-electron chi connectivity index (χ2n) is 4.91. The zero-order valence-corrected chi connectivity index (χ0v) is 11.8. The molecule has 0 aliphatic carbocycles. The van der Waals surface area contributed by atoms with Crippen molar-refractivity contribution in [2.24, 2.45) is 0 Å². The maximum absolute atomic E-state index is 12.0. The van der Waals surface area contributed by atoms with Gasteiger partial charge in [-0.25, -0.2) is 4.79 Å². The number of likely N-dealkylation sites (N-methyl/N-ethyl adjacent to an activating group) is 1. The predicted molar refractivity (Wildman–Crippen MR) is 79.2 cm³/mol. The molecule has 104 valence electrons. The number of methoxy groups -OCH3 is 1. The number of carbonyl (C=O) groups is 1. The van der Waals surface area contributed by atoms with Crippen LogP contribution in [0.4, 0.5) is 0 Å². The molecule has 1 aliphatic heterocycles. The lowest BCUT2D eigenvalue weighted by atomic mass is 10.1. The SMILES string of the molecule is CCN1CCc2c([nH]c3ccccc23)C=C1C(=O)OC. The number of benzene rings is 1. The lowest BCUT2D eigenvalue weighted by Crippen LogP contribution is -2.29. The van der Waals surface area contributed by atoms with Gasteiger partial charge in [0, 0.05) is 29.7 Å². The minimum atomic E-state index is -0.279. The van der Waals surface area contributed by atoms with E-state index >= 15 is 0 Å². The first-order chi connectivity index (χ1) is 9.74. The highest BCUT2D eigenvalue weighted by atomic mass is 16.5. The molecule has 3 rings (SSSR count). The van der Waals surface area contributed by atoms with Crippen LogP contribution in [0.15, 0.2) is 30.0 Å². The van der Waals surface area contributed by atoms with Gasteiger partial charge in [-0.05, 0) is 31.1 Å². The van der Waals surface area contributed by atoms with Crippen molar-refractivity contribution in [1.82, 2.24) is 9.88 Å². The molecule has 0 saturated heterocycles. The van der Waals surface area contributed by atoms with Crippen LogP contribution in [0.3, 0.4) is 0 Å². The highest BCUT2D eigenvalue weighted by Crippen LogP contribution is 2.28. The number of aromatic nitrogens is 1. The van der Waals surface area contributed by atoms with Crippen molar-refractivity contribution in [1.29, 1.82) is 0 Å². The van der Waals surface area contributed by atoms with Crippen LogP contribution in [0.5, 0.6) is 0 Å². The minimum Gasteiger partial charge on any atom is -0.464 e. The van der Waals surface area contributed by atoms with E-state index in [2.05, 4.69) is 28.9 Å². The van der Waals surface area contributed by atoms with Gasteiger partial charge in [0.25, 0.3) is 0 Å². The van der Waals surface area contributed by atoms with Gasteiger partial charge in [-0.3, -0.25) is 0 Å². The molecule has 2 aromatic rings. The number of nitrogens with one attached hydrogen (secondary N) is 1. The van der Waals surface area contributed by atoms with Crippen molar-refractivity contribution in [3.8, 4) is 0 Å². The summed E-state index contributed by atoms with van der Waals surface area (Å²) in [5.74, 6) is -0.279. The Morgan fingerprint density at radius 2 is 2.20 bits per heavy atom. The molecule has 4 heteroatoms. The van der Waals surface area contributed by atoms with Gasteiger partial charge in [-0.2, -0.15) is 0 Å². The normalized spacial score (nSPS) is 14.7. The van der Waals surface area contributed by atoms with E-state index in [0.717, 1.165) is 30.7 Å². The molecule has 0 spiro atoms. The molecule has 1 aromatic carbocycles. The van der Waals surface area contributed by atoms with Crippen LogP contribution >= 0.6 is 0 Å². The first-order valence-electron chi connectivity index (χ1n) is 6.89. The fourth-order valence-corrected chi connectivity index (χ4v) is 2.83. The number of hydrogen-bond donors (Lipinski definition) is 1. The Labute approximate surface area is 118 Å². The Morgan fingerprint density at radius 1 is 1.40 bits per heavy atom. The number of aromatic amines is 1. The van der Waals surface area contributed by atoms with Gasteiger partial charge in [0.15, 0.2) is 0 Å². The number of esters is 1. The Hall–Kier alpha value is -2.23. The molecule has 0 fully saturated rings. The minimum absolute atomic E-state index is 0.279. The average Bonchev–Trinajstić information content (AvgIpc) is 2.72. The molecule has 20 heavy (non-hydrogen) atoms. The third kappa shape index (κ3) is 1.97. The van der Waals surface area contributed by atoms with Crippen LogP contribution < -0.4 is 0 Å². The number of hydrogen-bond acceptors (Lipinski definition) is 3. The van der Waals surface area contributed by atoms with Crippen LogP contribution in [0.1, 0.15) is 18.2 Å². The van der Waals surface area contributed by atoms with E-state index in [0.29, 0.717) is 5.70 Å². The van der Waals surface area contributed by atoms with Crippen molar-refractivity contribution < 1.29 is 9.53 Å². The standard InChI is InChI=1S/C16H18N2O2/c1-3-18-9-8-12-11-6-4-5-7-13(11)17-14(12)10-15(18)16(19)20-2/h4-7,10,17H,3,8-9H2,1-2H3. The van der Waals surface area contributed by atoms with E-state index in [1.165, 1.54) is 18.1 Å². The molecule has 0 atom stereocenters. The zero-order valence-electron chi connectivity index (χ0n) is 11.8. The van der Waals surface area contributed by atoms with E-state index in [4.69, 9.17) is 4.74 Å². The monoisotopic (exact) mass is 270 g/mol. The summed E-state index contributed by atoms with van der Waals surface area (Å²) in [6, 6.07) is 8.25. The van der Waals surface area contributed by atoms with Crippen molar-refractivity contribution in [2.45, 2.75) is 13.3 Å². The molecule has 4 nitrogen and oxygen atoms in total. The van der Waals surface area contributed by atoms with E-state index in [-0.39, 0.29) is 5.97 Å². The van der Waals surface area contributed by atoms with Gasteiger partial charge in [-0.15, -0.1) is 0 Å². The van der Waals surface area contributed by atoms with Crippen molar-refractivity contribution in [3.63, 3.8) is 0 Å². The van der Waals surface area contributed by atoms with Crippen LogP contribution in [0.25, 0.3) is 17.0 Å². The third-order valence-corrected chi connectivity index (χ3v) is 3.88. The lowest BCUT2D eigenvalue weighted by molar-refractivity contribution is -0.137. The van der Waals surface area contributed by atoms with Crippen LogP contribution in [0, 0.1) is 0 Å². The summed E-state index contributed by atoms with van der Waals surface area (Å²) in [4.78, 5) is 17.4. The summed E-state index contributed by atoms with van der Waals surface area (Å²) >= 11 is 0. The quantitative estimate of drug-likeness (QED) is 0.853. The summed E-state index contributed by atoms with van der Waals surface area (Å²) in [5, 5.41) is 1.24. The number of para-hydroxylation sites is 1. The fourth-order valence-electron chi connectivity index (χ4n) is 2.83. The molecular formula is C16H18N2O2. The summed E-state index contributed by atoms with van der Waals surface area (Å²) in [7, 11) is 1.42. The first-order valence-corrected chi connectivity index (χ1v) is 6.89. The fraction of sp³-hybridized carbons (Fsp3) is 0.312. The zero-order chi connectivity index (χ0) is 14.1. The number of nitrogens with zero attached hydrogens (tertiary/aromatic N) is 1. The van der Waals surface area contributed by atoms with E-state index in [9.17, 15) is 4.79 Å². The topological polar surface area (TPSA) is 45.3 Å². The smallest absolute Gasteiger partial charge is 0.354 e. The Morgan fingerprint density at radius 3 is 2.95 bits per heavy atom. The van der Waals surface area contributed by atoms with Gasteiger partial charge < -0.3 is 14.6 Å². The number of H-pyrrole nitrogens is 1. The summed E-state index contributed by atoms with van der Waals surface area (Å²) in [6.45, 7) is 3.67. The Bertz CT molecular complexity index is 685. The van der Waals surface area contributed by atoms with E-state index in [1.807, 2.05) is 18.2 Å². The highest BCUT2D eigenvalue weighted by molar-refractivity contribution is 5.95. The molecule has 0 amide bonds. The van der Waals surface area contributed by atoms with Gasteiger partial charge in [0.2, 0.25) is 0 Å². The predicted octanol–water partition coefficient (Wildman–Crippen LogP) is 2.56. The van der Waals surface area contributed by atoms with Gasteiger partial charge >= 0.3 is 5.97 Å². The van der Waals surface area contributed by atoms with Gasteiger partial charge in [0.05, 0.1) is 7.11 Å². The van der Waals surface area contributed by atoms with Gasteiger partial charge in [0.1, 0.15) is 5.70 Å². The second-order valence-corrected chi connectivity index (χ2v) is 4.91.